The summed E-state index contributed by atoms with van der Waals surface area (Å²) in [5, 5.41) is 3.09. The van der Waals surface area contributed by atoms with Crippen molar-refractivity contribution in [2.45, 2.75) is 38.3 Å². The van der Waals surface area contributed by atoms with Gasteiger partial charge >= 0.3 is 6.03 Å². The van der Waals surface area contributed by atoms with Crippen LogP contribution in [0.2, 0.25) is 0 Å². The average Bonchev–Trinajstić information content (AvgIpc) is 3.25. The number of carbonyl (C=O) groups excluding carboxylic acids is 1. The van der Waals surface area contributed by atoms with Gasteiger partial charge in [0.2, 0.25) is 0 Å². The number of benzene rings is 2. The molecule has 3 atom stereocenters. The number of nitrogens with zero attached hydrogens (tertiary/aromatic N) is 1. The summed E-state index contributed by atoms with van der Waals surface area (Å²) in [6.07, 6.45) is 5.06. The first kappa shape index (κ1) is 16.6. The van der Waals surface area contributed by atoms with Gasteiger partial charge in [0.15, 0.2) is 0 Å². The van der Waals surface area contributed by atoms with Crippen LogP contribution < -0.4 is 5.32 Å². The number of rotatable bonds is 4. The van der Waals surface area contributed by atoms with Crippen molar-refractivity contribution < 1.29 is 4.79 Å². The summed E-state index contributed by atoms with van der Waals surface area (Å²) in [4.78, 5) is 15.1. The Hall–Kier alpha value is -1.81. The number of anilines is 1. The molecule has 2 amide bonds. The number of amides is 2. The topological polar surface area (TPSA) is 32.3 Å². The number of hydrogen-bond acceptors (Lipinski definition) is 1. The minimum Gasteiger partial charge on any atom is -0.317 e. The van der Waals surface area contributed by atoms with E-state index in [4.69, 9.17) is 0 Å². The first-order chi connectivity index (χ1) is 12.2. The van der Waals surface area contributed by atoms with Crippen molar-refractivity contribution in [1.82, 2.24) is 4.90 Å². The molecule has 2 aliphatic carbocycles. The molecule has 0 spiro atoms. The van der Waals surface area contributed by atoms with Crippen LogP contribution in [0.3, 0.4) is 0 Å². The fourth-order valence-corrected chi connectivity index (χ4v) is 4.70. The van der Waals surface area contributed by atoms with E-state index in [9.17, 15) is 4.79 Å². The second-order valence-electron chi connectivity index (χ2n) is 7.29. The lowest BCUT2D eigenvalue weighted by atomic mass is 9.94. The van der Waals surface area contributed by atoms with Gasteiger partial charge < -0.3 is 10.2 Å². The highest BCUT2D eigenvalue weighted by molar-refractivity contribution is 9.10. The molecule has 130 valence electrons. The molecule has 3 unspecified atom stereocenters. The monoisotopic (exact) mass is 398 g/mol. The number of halogens is 1. The van der Waals surface area contributed by atoms with E-state index in [1.165, 1.54) is 24.8 Å². The van der Waals surface area contributed by atoms with Crippen molar-refractivity contribution >= 4 is 27.6 Å². The molecule has 4 heteroatoms. The summed E-state index contributed by atoms with van der Waals surface area (Å²) in [6, 6.07) is 18.4. The van der Waals surface area contributed by atoms with E-state index < -0.39 is 0 Å². The molecule has 0 heterocycles. The van der Waals surface area contributed by atoms with Crippen LogP contribution in [0.5, 0.6) is 0 Å². The Morgan fingerprint density at radius 3 is 2.44 bits per heavy atom. The number of fused-ring (bicyclic) bond motifs is 2. The molecule has 2 bridgehead atoms. The van der Waals surface area contributed by atoms with Crippen LogP contribution in [0.15, 0.2) is 59.1 Å². The minimum atomic E-state index is 0.0201. The molecular weight excluding hydrogens is 376 g/mol. The zero-order valence-electron chi connectivity index (χ0n) is 14.2. The minimum absolute atomic E-state index is 0.0201. The zero-order chi connectivity index (χ0) is 17.2. The van der Waals surface area contributed by atoms with Crippen molar-refractivity contribution in [3.8, 4) is 0 Å². The summed E-state index contributed by atoms with van der Waals surface area (Å²) in [5.41, 5.74) is 2.03. The average molecular weight is 399 g/mol. The fraction of sp³-hybridized carbons (Fsp3) is 0.381. The Morgan fingerprint density at radius 2 is 1.80 bits per heavy atom. The van der Waals surface area contributed by atoms with Crippen LogP contribution in [0.1, 0.15) is 31.2 Å². The van der Waals surface area contributed by atoms with Crippen LogP contribution in [0.25, 0.3) is 0 Å². The first-order valence-electron chi connectivity index (χ1n) is 9.06. The van der Waals surface area contributed by atoms with Gasteiger partial charge in [-0.15, -0.1) is 0 Å². The van der Waals surface area contributed by atoms with Crippen molar-refractivity contribution in [1.29, 1.82) is 0 Å². The molecular formula is C21H23BrN2O. The molecule has 3 nitrogen and oxygen atoms in total. The number of para-hydroxylation sites is 1. The third kappa shape index (κ3) is 3.74. The normalized spacial score (nSPS) is 24.3. The Morgan fingerprint density at radius 1 is 1.04 bits per heavy atom. The van der Waals surface area contributed by atoms with Crippen LogP contribution in [-0.4, -0.2) is 17.0 Å². The van der Waals surface area contributed by atoms with Crippen molar-refractivity contribution in [3.63, 3.8) is 0 Å². The summed E-state index contributed by atoms with van der Waals surface area (Å²) < 4.78 is 1.07. The highest BCUT2D eigenvalue weighted by atomic mass is 79.9. The van der Waals surface area contributed by atoms with E-state index in [0.717, 1.165) is 22.5 Å². The molecule has 0 saturated heterocycles. The van der Waals surface area contributed by atoms with Gasteiger partial charge in [-0.05, 0) is 60.9 Å². The van der Waals surface area contributed by atoms with E-state index in [1.807, 2.05) is 42.5 Å². The number of urea groups is 1. The van der Waals surface area contributed by atoms with E-state index in [-0.39, 0.29) is 6.03 Å². The number of carbonyl (C=O) groups is 1. The van der Waals surface area contributed by atoms with Crippen molar-refractivity contribution in [2.75, 3.05) is 5.32 Å². The van der Waals surface area contributed by atoms with Crippen molar-refractivity contribution in [3.05, 3.63) is 64.6 Å². The molecule has 1 N–H and O–H groups in total. The van der Waals surface area contributed by atoms with Crippen LogP contribution >= 0.6 is 15.9 Å². The van der Waals surface area contributed by atoms with Gasteiger partial charge in [0.05, 0.1) is 0 Å². The zero-order valence-corrected chi connectivity index (χ0v) is 15.8. The Bertz CT molecular complexity index is 731. The van der Waals surface area contributed by atoms with Gasteiger partial charge in [0.25, 0.3) is 0 Å². The van der Waals surface area contributed by atoms with Gasteiger partial charge in [-0.1, -0.05) is 52.7 Å². The predicted octanol–water partition coefficient (Wildman–Crippen LogP) is 5.67. The summed E-state index contributed by atoms with van der Waals surface area (Å²) in [7, 11) is 0. The first-order valence-corrected chi connectivity index (χ1v) is 9.85. The van der Waals surface area contributed by atoms with Crippen LogP contribution in [0.4, 0.5) is 10.5 Å². The van der Waals surface area contributed by atoms with E-state index >= 15 is 0 Å². The smallest absolute Gasteiger partial charge is 0.317 e. The highest BCUT2D eigenvalue weighted by Crippen LogP contribution is 2.47. The predicted molar refractivity (Wildman–Crippen MR) is 104 cm³/mol. The third-order valence-corrected chi connectivity index (χ3v) is 6.18. The molecule has 2 aliphatic rings. The Labute approximate surface area is 157 Å². The maximum Gasteiger partial charge on any atom is 0.322 e. The molecule has 0 aliphatic heterocycles. The molecule has 2 fully saturated rings. The highest BCUT2D eigenvalue weighted by Gasteiger charge is 2.43. The number of nitrogens with one attached hydrogen (secondary N) is 1. The quantitative estimate of drug-likeness (QED) is 0.706. The molecule has 2 aromatic carbocycles. The van der Waals surface area contributed by atoms with Gasteiger partial charge in [0, 0.05) is 22.7 Å². The molecule has 25 heavy (non-hydrogen) atoms. The van der Waals surface area contributed by atoms with Crippen LogP contribution in [0, 0.1) is 11.8 Å². The molecule has 2 saturated carbocycles. The molecule has 0 radical (unpaired) electrons. The SMILES string of the molecule is O=C(Nc1ccccc1)N(Cc1ccc(Br)cc1)C1CC2CCC1C2. The molecule has 4 rings (SSSR count). The van der Waals surface area contributed by atoms with Gasteiger partial charge in [-0.25, -0.2) is 4.79 Å². The van der Waals surface area contributed by atoms with Gasteiger partial charge in [-0.3, -0.25) is 0 Å². The van der Waals surface area contributed by atoms with Gasteiger partial charge in [-0.2, -0.15) is 0 Å². The Kier molecular flexibility index (Phi) is 4.80. The lowest BCUT2D eigenvalue weighted by Crippen LogP contribution is -2.45. The van der Waals surface area contributed by atoms with E-state index in [0.29, 0.717) is 18.5 Å². The lowest BCUT2D eigenvalue weighted by Gasteiger charge is -2.35. The molecule has 0 aromatic heterocycles. The second-order valence-corrected chi connectivity index (χ2v) is 8.21. The standard InChI is InChI=1S/C21H23BrN2O/c22-18-10-7-15(8-11-18)14-24(20-13-16-6-9-17(20)12-16)21(25)23-19-4-2-1-3-5-19/h1-5,7-8,10-11,16-17,20H,6,9,12-14H2,(H,23,25). The maximum absolute atomic E-state index is 13.1. The lowest BCUT2D eigenvalue weighted by molar-refractivity contribution is 0.154. The summed E-state index contributed by atoms with van der Waals surface area (Å²) in [5.74, 6) is 1.48. The van der Waals surface area contributed by atoms with Gasteiger partial charge in [0.1, 0.15) is 0 Å². The second kappa shape index (κ2) is 7.20. The summed E-state index contributed by atoms with van der Waals surface area (Å²) in [6.45, 7) is 0.667. The Balaban J connectivity index is 1.54. The van der Waals surface area contributed by atoms with Crippen molar-refractivity contribution in [2.24, 2.45) is 11.8 Å². The van der Waals surface area contributed by atoms with E-state index in [2.05, 4.69) is 38.3 Å². The fourth-order valence-electron chi connectivity index (χ4n) is 4.44. The van der Waals surface area contributed by atoms with Crippen LogP contribution in [-0.2, 0) is 6.54 Å². The molecule has 2 aromatic rings. The van der Waals surface area contributed by atoms with E-state index in [1.54, 1.807) is 0 Å². The number of hydrogen-bond donors (Lipinski definition) is 1. The maximum atomic E-state index is 13.1. The summed E-state index contributed by atoms with van der Waals surface area (Å²) >= 11 is 3.48. The third-order valence-electron chi connectivity index (χ3n) is 5.65. The largest absolute Gasteiger partial charge is 0.322 e.